The van der Waals surface area contributed by atoms with E-state index in [-0.39, 0.29) is 0 Å². The third-order valence-electron chi connectivity index (χ3n) is 4.18. The Labute approximate surface area is 95.9 Å². The SMILES string of the molecule is Cn1nccc1C1(O)CCN2CCCC2C1. The third-order valence-corrected chi connectivity index (χ3v) is 4.18. The minimum Gasteiger partial charge on any atom is -0.383 e. The van der Waals surface area contributed by atoms with E-state index in [1.54, 1.807) is 6.20 Å². The molecule has 0 aromatic carbocycles. The first kappa shape index (κ1) is 10.3. The molecule has 0 radical (unpaired) electrons. The van der Waals surface area contributed by atoms with Crippen molar-refractivity contribution in [2.75, 3.05) is 13.1 Å². The smallest absolute Gasteiger partial charge is 0.109 e. The van der Waals surface area contributed by atoms with Crippen molar-refractivity contribution in [1.82, 2.24) is 14.7 Å². The maximum atomic E-state index is 10.8. The molecule has 2 atom stereocenters. The summed E-state index contributed by atoms with van der Waals surface area (Å²) in [5.41, 5.74) is 0.315. The van der Waals surface area contributed by atoms with Crippen LogP contribution in [0.25, 0.3) is 0 Å². The molecule has 1 N–H and O–H groups in total. The fourth-order valence-electron chi connectivity index (χ4n) is 3.30. The van der Waals surface area contributed by atoms with Crippen LogP contribution in [0.5, 0.6) is 0 Å². The lowest BCUT2D eigenvalue weighted by Crippen LogP contribution is -2.46. The van der Waals surface area contributed by atoms with Gasteiger partial charge in [0.1, 0.15) is 5.60 Å². The number of rotatable bonds is 1. The van der Waals surface area contributed by atoms with E-state index in [9.17, 15) is 5.11 Å². The van der Waals surface area contributed by atoms with Crippen molar-refractivity contribution in [2.45, 2.75) is 37.3 Å². The summed E-state index contributed by atoms with van der Waals surface area (Å²) in [5, 5.41) is 14.9. The Bertz CT molecular complexity index is 389. The highest BCUT2D eigenvalue weighted by molar-refractivity contribution is 5.14. The van der Waals surface area contributed by atoms with Crippen molar-refractivity contribution >= 4 is 0 Å². The van der Waals surface area contributed by atoms with Crippen LogP contribution in [0.1, 0.15) is 31.4 Å². The average molecular weight is 221 g/mol. The number of piperidine rings is 1. The summed E-state index contributed by atoms with van der Waals surface area (Å²) in [7, 11) is 1.91. The van der Waals surface area contributed by atoms with Crippen molar-refractivity contribution in [3.8, 4) is 0 Å². The third kappa shape index (κ3) is 1.48. The Morgan fingerprint density at radius 1 is 1.50 bits per heavy atom. The van der Waals surface area contributed by atoms with E-state index in [0.717, 1.165) is 25.1 Å². The van der Waals surface area contributed by atoms with Crippen LogP contribution in [0, 0.1) is 0 Å². The van der Waals surface area contributed by atoms with Gasteiger partial charge in [0, 0.05) is 25.8 Å². The topological polar surface area (TPSA) is 41.3 Å². The van der Waals surface area contributed by atoms with Gasteiger partial charge in [-0.2, -0.15) is 5.10 Å². The molecular weight excluding hydrogens is 202 g/mol. The van der Waals surface area contributed by atoms with E-state index >= 15 is 0 Å². The number of nitrogens with zero attached hydrogens (tertiary/aromatic N) is 3. The summed E-state index contributed by atoms with van der Waals surface area (Å²) in [6.07, 6.45) is 6.00. The first-order valence-corrected chi connectivity index (χ1v) is 6.14. The second-order valence-electron chi connectivity index (χ2n) is 5.16. The quantitative estimate of drug-likeness (QED) is 0.765. The van der Waals surface area contributed by atoms with Gasteiger partial charge in [0.15, 0.2) is 0 Å². The van der Waals surface area contributed by atoms with Gasteiger partial charge in [-0.15, -0.1) is 0 Å². The molecule has 1 aromatic rings. The van der Waals surface area contributed by atoms with Crippen molar-refractivity contribution in [3.05, 3.63) is 18.0 Å². The molecule has 1 aromatic heterocycles. The van der Waals surface area contributed by atoms with Gasteiger partial charge >= 0.3 is 0 Å². The van der Waals surface area contributed by atoms with Gasteiger partial charge in [-0.05, 0) is 38.3 Å². The lowest BCUT2D eigenvalue weighted by molar-refractivity contribution is -0.0466. The highest BCUT2D eigenvalue weighted by Crippen LogP contribution is 2.38. The van der Waals surface area contributed by atoms with Crippen LogP contribution in [0.2, 0.25) is 0 Å². The summed E-state index contributed by atoms with van der Waals surface area (Å²) in [6, 6.07) is 2.53. The lowest BCUT2D eigenvalue weighted by Gasteiger charge is -2.40. The van der Waals surface area contributed by atoms with Gasteiger partial charge in [0.25, 0.3) is 0 Å². The molecule has 0 saturated carbocycles. The number of aryl methyl sites for hydroxylation is 1. The van der Waals surface area contributed by atoms with Gasteiger partial charge in [0.2, 0.25) is 0 Å². The second-order valence-corrected chi connectivity index (χ2v) is 5.16. The Morgan fingerprint density at radius 2 is 2.38 bits per heavy atom. The molecule has 0 amide bonds. The minimum absolute atomic E-state index is 0.577. The zero-order chi connectivity index (χ0) is 11.2. The Kier molecular flexibility index (Phi) is 2.30. The Morgan fingerprint density at radius 3 is 3.12 bits per heavy atom. The fraction of sp³-hybridized carbons (Fsp3) is 0.750. The zero-order valence-electron chi connectivity index (χ0n) is 9.76. The maximum absolute atomic E-state index is 10.8. The molecule has 4 nitrogen and oxygen atoms in total. The summed E-state index contributed by atoms with van der Waals surface area (Å²) < 4.78 is 1.81. The molecule has 3 heterocycles. The van der Waals surface area contributed by atoms with Crippen LogP contribution >= 0.6 is 0 Å². The second kappa shape index (κ2) is 3.57. The molecular formula is C12H19N3O. The largest absolute Gasteiger partial charge is 0.383 e. The highest BCUT2D eigenvalue weighted by atomic mass is 16.3. The van der Waals surface area contributed by atoms with Gasteiger partial charge in [0.05, 0.1) is 5.69 Å². The molecule has 0 aliphatic carbocycles. The molecule has 2 aliphatic rings. The van der Waals surface area contributed by atoms with Crippen molar-refractivity contribution in [3.63, 3.8) is 0 Å². The van der Waals surface area contributed by atoms with Crippen LogP contribution in [0.4, 0.5) is 0 Å². The van der Waals surface area contributed by atoms with E-state index < -0.39 is 5.60 Å². The molecule has 0 bridgehead atoms. The number of aromatic nitrogens is 2. The molecule has 2 aliphatic heterocycles. The van der Waals surface area contributed by atoms with Crippen LogP contribution in [-0.4, -0.2) is 38.9 Å². The van der Waals surface area contributed by atoms with E-state index in [1.165, 1.54) is 19.4 Å². The maximum Gasteiger partial charge on any atom is 0.109 e. The van der Waals surface area contributed by atoms with Gasteiger partial charge in [-0.25, -0.2) is 0 Å². The van der Waals surface area contributed by atoms with E-state index in [4.69, 9.17) is 0 Å². The lowest BCUT2D eigenvalue weighted by atomic mass is 9.84. The monoisotopic (exact) mass is 221 g/mol. The van der Waals surface area contributed by atoms with Crippen LogP contribution in [0.15, 0.2) is 12.3 Å². The van der Waals surface area contributed by atoms with Crippen molar-refractivity contribution in [2.24, 2.45) is 7.05 Å². The number of fused-ring (bicyclic) bond motifs is 1. The van der Waals surface area contributed by atoms with Crippen LogP contribution in [0.3, 0.4) is 0 Å². The summed E-state index contributed by atoms with van der Waals surface area (Å²) in [5.74, 6) is 0. The normalized spacial score (nSPS) is 35.2. The molecule has 16 heavy (non-hydrogen) atoms. The van der Waals surface area contributed by atoms with Crippen molar-refractivity contribution in [1.29, 1.82) is 0 Å². The summed E-state index contributed by atoms with van der Waals surface area (Å²) in [6.45, 7) is 2.23. The van der Waals surface area contributed by atoms with E-state index in [1.807, 2.05) is 17.8 Å². The summed E-state index contributed by atoms with van der Waals surface area (Å²) in [4.78, 5) is 2.52. The molecule has 2 fully saturated rings. The predicted octanol–water partition coefficient (Wildman–Crippen LogP) is 0.866. The van der Waals surface area contributed by atoms with Gasteiger partial charge in [-0.3, -0.25) is 4.68 Å². The highest BCUT2D eigenvalue weighted by Gasteiger charge is 2.42. The van der Waals surface area contributed by atoms with Gasteiger partial charge in [-0.1, -0.05) is 0 Å². The molecule has 0 spiro atoms. The molecule has 88 valence electrons. The standard InChI is InChI=1S/C12H19N3O/c1-14-11(4-6-13-14)12(16)5-8-15-7-2-3-10(15)9-12/h4,6,10,16H,2-3,5,7-9H2,1H3. The first-order valence-electron chi connectivity index (χ1n) is 6.14. The first-order chi connectivity index (χ1) is 7.69. The summed E-state index contributed by atoms with van der Waals surface area (Å²) >= 11 is 0. The van der Waals surface area contributed by atoms with E-state index in [2.05, 4.69) is 10.00 Å². The molecule has 2 unspecified atom stereocenters. The number of hydrogen-bond donors (Lipinski definition) is 1. The van der Waals surface area contributed by atoms with E-state index in [0.29, 0.717) is 6.04 Å². The van der Waals surface area contributed by atoms with Crippen molar-refractivity contribution < 1.29 is 5.11 Å². The minimum atomic E-state index is -0.656. The zero-order valence-corrected chi connectivity index (χ0v) is 9.76. The Hall–Kier alpha value is -0.870. The van der Waals surface area contributed by atoms with Crippen LogP contribution in [-0.2, 0) is 12.6 Å². The number of aliphatic hydroxyl groups is 1. The number of hydrogen-bond acceptors (Lipinski definition) is 3. The average Bonchev–Trinajstić information content (AvgIpc) is 2.85. The molecule has 4 heteroatoms. The molecule has 2 saturated heterocycles. The van der Waals surface area contributed by atoms with Crippen LogP contribution < -0.4 is 0 Å². The molecule has 3 rings (SSSR count). The Balaban J connectivity index is 1.86. The fourth-order valence-corrected chi connectivity index (χ4v) is 3.30. The predicted molar refractivity (Wildman–Crippen MR) is 60.9 cm³/mol. The van der Waals surface area contributed by atoms with Gasteiger partial charge < -0.3 is 10.0 Å².